The first-order chi connectivity index (χ1) is 15.1. The van der Waals surface area contributed by atoms with Crippen molar-refractivity contribution in [3.05, 3.63) is 85.6 Å². The smallest absolute Gasteiger partial charge is 0.276 e. The summed E-state index contributed by atoms with van der Waals surface area (Å²) in [5.74, 6) is -3.65. The molecule has 1 aromatic heterocycles. The van der Waals surface area contributed by atoms with Gasteiger partial charge in [-0.3, -0.25) is 14.2 Å². The van der Waals surface area contributed by atoms with Gasteiger partial charge in [-0.05, 0) is 58.2 Å². The Kier molecular flexibility index (Phi) is 6.99. The Morgan fingerprint density at radius 2 is 1.88 bits per heavy atom. The van der Waals surface area contributed by atoms with Gasteiger partial charge in [-0.25, -0.2) is 13.2 Å². The molecular formula is C21H17BrF3N3O4. The summed E-state index contributed by atoms with van der Waals surface area (Å²) in [6.45, 7) is 1.17. The molecule has 0 radical (unpaired) electrons. The third-order valence-electron chi connectivity index (χ3n) is 4.60. The first-order valence-corrected chi connectivity index (χ1v) is 10.0. The number of carbonyl (C=O) groups is 1. The molecule has 0 aliphatic heterocycles. The fourth-order valence-electron chi connectivity index (χ4n) is 3.02. The lowest BCUT2D eigenvalue weighted by molar-refractivity contribution is -0.125. The summed E-state index contributed by atoms with van der Waals surface area (Å²) >= 11 is 3.05. The van der Waals surface area contributed by atoms with Crippen molar-refractivity contribution in [1.82, 2.24) is 9.55 Å². The Balaban J connectivity index is 1.94. The minimum atomic E-state index is -1.53. The summed E-state index contributed by atoms with van der Waals surface area (Å²) in [6, 6.07) is 6.86. The minimum Gasteiger partial charge on any atom is -0.472 e. The number of para-hydroxylation sites is 1. The number of carbonyl (C=O) groups excluding carboxylic acids is 1. The van der Waals surface area contributed by atoms with Crippen LogP contribution < -0.4 is 16.0 Å². The van der Waals surface area contributed by atoms with Gasteiger partial charge in [-0.2, -0.15) is 4.98 Å². The molecule has 7 nitrogen and oxygen atoms in total. The molecule has 3 rings (SSSR count). The van der Waals surface area contributed by atoms with Gasteiger partial charge in [0.15, 0.2) is 0 Å². The number of aromatic nitrogens is 2. The number of rotatable bonds is 7. The highest BCUT2D eigenvalue weighted by Crippen LogP contribution is 2.24. The number of benzene rings is 2. The number of ether oxygens (including phenoxy) is 1. The van der Waals surface area contributed by atoms with Gasteiger partial charge in [0.25, 0.3) is 5.56 Å². The van der Waals surface area contributed by atoms with Crippen LogP contribution in [0.15, 0.2) is 45.7 Å². The monoisotopic (exact) mass is 511 g/mol. The van der Waals surface area contributed by atoms with E-state index < -0.39 is 40.7 Å². The fraction of sp³-hybridized carbons (Fsp3) is 0.190. The van der Waals surface area contributed by atoms with Gasteiger partial charge in [0.05, 0.1) is 0 Å². The van der Waals surface area contributed by atoms with Crippen LogP contribution in [-0.2, 0) is 17.8 Å². The Hall–Kier alpha value is -3.18. The summed E-state index contributed by atoms with van der Waals surface area (Å²) in [6.07, 6.45) is -1.77. The maximum Gasteiger partial charge on any atom is 0.276 e. The molecule has 0 bridgehead atoms. The van der Waals surface area contributed by atoms with Crippen LogP contribution in [0.4, 0.5) is 13.2 Å². The number of nitrogens with two attached hydrogens (primary N) is 1. The number of aryl methyl sites for hydroxylation is 1. The van der Waals surface area contributed by atoms with E-state index in [2.05, 4.69) is 20.9 Å². The number of hydrogen-bond donors (Lipinski definition) is 2. The molecule has 1 heterocycles. The molecule has 1 unspecified atom stereocenters. The lowest BCUT2D eigenvalue weighted by Crippen LogP contribution is -2.30. The van der Waals surface area contributed by atoms with Crippen LogP contribution in [0.25, 0.3) is 5.69 Å². The average Bonchev–Trinajstić information content (AvgIpc) is 2.72. The molecule has 32 heavy (non-hydrogen) atoms. The quantitative estimate of drug-likeness (QED) is 0.507. The number of nitrogens with zero attached hydrogens (tertiary/aromatic N) is 2. The van der Waals surface area contributed by atoms with E-state index >= 15 is 0 Å². The van der Waals surface area contributed by atoms with Crippen LogP contribution in [0.1, 0.15) is 17.0 Å². The highest BCUT2D eigenvalue weighted by molar-refractivity contribution is 9.10. The normalized spacial score (nSPS) is 11.9. The van der Waals surface area contributed by atoms with Gasteiger partial charge in [-0.15, -0.1) is 0 Å². The van der Waals surface area contributed by atoms with E-state index in [9.17, 15) is 27.9 Å². The topological polar surface area (TPSA) is 107 Å². The van der Waals surface area contributed by atoms with Crippen LogP contribution in [0.2, 0.25) is 0 Å². The summed E-state index contributed by atoms with van der Waals surface area (Å²) < 4.78 is 48.2. The van der Waals surface area contributed by atoms with Crippen molar-refractivity contribution < 1.29 is 27.8 Å². The van der Waals surface area contributed by atoms with Gasteiger partial charge in [0.2, 0.25) is 11.8 Å². The highest BCUT2D eigenvalue weighted by atomic mass is 79.9. The Labute approximate surface area is 188 Å². The number of aliphatic hydroxyl groups is 1. The second-order valence-corrected chi connectivity index (χ2v) is 7.61. The molecule has 3 aromatic rings. The third-order valence-corrected chi connectivity index (χ3v) is 5.28. The summed E-state index contributed by atoms with van der Waals surface area (Å²) in [5, 5.41) is 9.72. The second-order valence-electron chi connectivity index (χ2n) is 6.81. The molecule has 0 aliphatic rings. The van der Waals surface area contributed by atoms with Crippen molar-refractivity contribution in [2.24, 2.45) is 5.73 Å². The van der Waals surface area contributed by atoms with E-state index in [1.807, 2.05) is 0 Å². The summed E-state index contributed by atoms with van der Waals surface area (Å²) in [4.78, 5) is 28.0. The molecule has 168 valence electrons. The van der Waals surface area contributed by atoms with E-state index in [0.29, 0.717) is 5.56 Å². The standard InChI is InChI=1S/C21H17BrF3N3O4/c1-10-27-20(17(22)21(31)28(10)18-14(24)3-2-4-15(18)25)32-9-11-5-6-13(23)7-12(11)8-16(29)19(26)30/h2-7,16,29H,8-9H2,1H3,(H2,26,30). The predicted molar refractivity (Wildman–Crippen MR) is 112 cm³/mol. The lowest BCUT2D eigenvalue weighted by atomic mass is 10.0. The molecule has 0 aliphatic carbocycles. The molecule has 11 heteroatoms. The SMILES string of the molecule is Cc1nc(OCc2ccc(F)cc2CC(O)C(N)=O)c(Br)c(=O)n1-c1c(F)cccc1F. The van der Waals surface area contributed by atoms with Crippen LogP contribution in [0, 0.1) is 24.4 Å². The van der Waals surface area contributed by atoms with E-state index in [4.69, 9.17) is 10.5 Å². The van der Waals surface area contributed by atoms with Gasteiger partial charge in [-0.1, -0.05) is 12.1 Å². The molecule has 3 N–H and O–H groups in total. The van der Waals surface area contributed by atoms with Crippen molar-refractivity contribution in [3.8, 4) is 11.6 Å². The van der Waals surface area contributed by atoms with Gasteiger partial charge in [0, 0.05) is 6.42 Å². The first-order valence-electron chi connectivity index (χ1n) is 9.21. The number of primary amides is 1. The lowest BCUT2D eigenvalue weighted by Gasteiger charge is -2.16. The maximum atomic E-state index is 14.2. The summed E-state index contributed by atoms with van der Waals surface area (Å²) in [7, 11) is 0. The highest BCUT2D eigenvalue weighted by Gasteiger charge is 2.21. The van der Waals surface area contributed by atoms with Crippen molar-refractivity contribution in [3.63, 3.8) is 0 Å². The third kappa shape index (κ3) is 4.83. The number of aliphatic hydroxyl groups excluding tert-OH is 1. The second kappa shape index (κ2) is 9.53. The Bertz CT molecular complexity index is 1230. The maximum absolute atomic E-state index is 14.2. The zero-order chi connectivity index (χ0) is 23.6. The minimum absolute atomic E-state index is 0.0410. The predicted octanol–water partition coefficient (Wildman–Crippen LogP) is 2.69. The van der Waals surface area contributed by atoms with E-state index in [1.165, 1.54) is 19.1 Å². The Morgan fingerprint density at radius 1 is 1.22 bits per heavy atom. The van der Waals surface area contributed by atoms with Crippen LogP contribution in [-0.4, -0.2) is 26.7 Å². The van der Waals surface area contributed by atoms with E-state index in [-0.39, 0.29) is 34.8 Å². The number of halogens is 4. The van der Waals surface area contributed by atoms with Gasteiger partial charge >= 0.3 is 0 Å². The molecule has 0 saturated heterocycles. The van der Waals surface area contributed by atoms with Crippen molar-refractivity contribution in [2.75, 3.05) is 0 Å². The molecule has 1 atom stereocenters. The Morgan fingerprint density at radius 3 is 2.50 bits per heavy atom. The molecule has 0 spiro atoms. The van der Waals surface area contributed by atoms with E-state index in [0.717, 1.165) is 28.8 Å². The largest absolute Gasteiger partial charge is 0.472 e. The molecular weight excluding hydrogens is 495 g/mol. The van der Waals surface area contributed by atoms with E-state index in [1.54, 1.807) is 0 Å². The fourth-order valence-corrected chi connectivity index (χ4v) is 3.41. The van der Waals surface area contributed by atoms with Crippen molar-refractivity contribution >= 4 is 21.8 Å². The number of amides is 1. The van der Waals surface area contributed by atoms with Crippen LogP contribution in [0.5, 0.6) is 5.88 Å². The van der Waals surface area contributed by atoms with Gasteiger partial charge < -0.3 is 15.6 Å². The zero-order valence-corrected chi connectivity index (χ0v) is 18.2. The molecule has 0 saturated carbocycles. The van der Waals surface area contributed by atoms with Crippen molar-refractivity contribution in [2.45, 2.75) is 26.1 Å². The molecule has 0 fully saturated rings. The van der Waals surface area contributed by atoms with Gasteiger partial charge in [0.1, 0.15) is 46.1 Å². The number of hydrogen-bond acceptors (Lipinski definition) is 5. The first kappa shape index (κ1) is 23.5. The zero-order valence-electron chi connectivity index (χ0n) is 16.6. The average molecular weight is 512 g/mol. The van der Waals surface area contributed by atoms with Crippen LogP contribution >= 0.6 is 15.9 Å². The molecule has 1 amide bonds. The molecule has 2 aromatic carbocycles. The van der Waals surface area contributed by atoms with Crippen LogP contribution in [0.3, 0.4) is 0 Å². The summed E-state index contributed by atoms with van der Waals surface area (Å²) in [5.41, 5.74) is 4.35. The van der Waals surface area contributed by atoms with Crippen molar-refractivity contribution in [1.29, 1.82) is 0 Å².